The van der Waals surface area contributed by atoms with Crippen molar-refractivity contribution in [2.75, 3.05) is 5.32 Å². The molecule has 2 heterocycles. The average Bonchev–Trinajstić information content (AvgIpc) is 3.34. The van der Waals surface area contributed by atoms with Crippen molar-refractivity contribution < 1.29 is 13.7 Å². The Morgan fingerprint density at radius 2 is 2.00 bits per heavy atom. The molecular weight excluding hydrogens is 395 g/mol. The van der Waals surface area contributed by atoms with Gasteiger partial charge in [0.15, 0.2) is 0 Å². The van der Waals surface area contributed by atoms with Crippen LogP contribution in [0.3, 0.4) is 0 Å². The van der Waals surface area contributed by atoms with Gasteiger partial charge in [-0.25, -0.2) is 4.39 Å². The van der Waals surface area contributed by atoms with Crippen LogP contribution < -0.4 is 5.32 Å². The number of nitrogens with zero attached hydrogens (tertiary/aromatic N) is 3. The van der Waals surface area contributed by atoms with Crippen LogP contribution in [0.1, 0.15) is 5.56 Å². The van der Waals surface area contributed by atoms with Crippen LogP contribution >= 0.6 is 11.6 Å². The minimum atomic E-state index is -0.485. The molecule has 0 saturated heterocycles. The predicted octanol–water partition coefficient (Wildman–Crippen LogP) is 4.94. The fraction of sp³-hybridized carbons (Fsp3) is 0.0952. The van der Waals surface area contributed by atoms with Crippen molar-refractivity contribution in [2.45, 2.75) is 13.5 Å². The second kappa shape index (κ2) is 7.89. The maximum Gasteiger partial charge on any atom is 0.274 e. The highest BCUT2D eigenvalue weighted by Crippen LogP contribution is 2.24. The van der Waals surface area contributed by atoms with Gasteiger partial charge in [-0.2, -0.15) is 4.98 Å². The van der Waals surface area contributed by atoms with E-state index >= 15 is 0 Å². The standard InChI is InChI=1S/C21H16ClFN4O2/c1-13-4-6-14(7-5-13)20-25-21(29-26-20)18-3-2-10-27(18)12-19(28)24-17-11-15(23)8-9-16(17)22/h2-11H,12H2,1H3,(H,24,28). The van der Waals surface area contributed by atoms with Crippen LogP contribution in [-0.2, 0) is 11.3 Å². The number of carbonyl (C=O) groups excluding carboxylic acids is 1. The molecule has 0 radical (unpaired) electrons. The smallest absolute Gasteiger partial charge is 0.274 e. The van der Waals surface area contributed by atoms with Crippen LogP contribution in [-0.4, -0.2) is 20.6 Å². The third-order valence-electron chi connectivity index (χ3n) is 4.30. The molecular formula is C21H16ClFN4O2. The molecule has 6 nitrogen and oxygen atoms in total. The van der Waals surface area contributed by atoms with E-state index in [0.29, 0.717) is 17.4 Å². The minimum Gasteiger partial charge on any atom is -0.334 e. The van der Waals surface area contributed by atoms with Gasteiger partial charge in [0, 0.05) is 11.8 Å². The second-order valence-electron chi connectivity index (χ2n) is 6.48. The van der Waals surface area contributed by atoms with Crippen molar-refractivity contribution in [1.29, 1.82) is 0 Å². The van der Waals surface area contributed by atoms with Crippen LogP contribution in [0.4, 0.5) is 10.1 Å². The fourth-order valence-electron chi connectivity index (χ4n) is 2.83. The summed E-state index contributed by atoms with van der Waals surface area (Å²) in [6, 6.07) is 15.1. The zero-order valence-corrected chi connectivity index (χ0v) is 16.2. The van der Waals surface area contributed by atoms with E-state index in [1.807, 2.05) is 31.2 Å². The van der Waals surface area contributed by atoms with E-state index in [-0.39, 0.29) is 23.2 Å². The molecule has 2 aromatic carbocycles. The Morgan fingerprint density at radius 1 is 1.21 bits per heavy atom. The Labute approximate surface area is 170 Å². The van der Waals surface area contributed by atoms with E-state index < -0.39 is 5.82 Å². The summed E-state index contributed by atoms with van der Waals surface area (Å²) in [5.41, 5.74) is 2.78. The molecule has 8 heteroatoms. The number of hydrogen-bond acceptors (Lipinski definition) is 4. The molecule has 0 spiro atoms. The van der Waals surface area contributed by atoms with Gasteiger partial charge in [0.1, 0.15) is 18.1 Å². The lowest BCUT2D eigenvalue weighted by Crippen LogP contribution is -2.19. The molecule has 0 aliphatic rings. The average molecular weight is 411 g/mol. The summed E-state index contributed by atoms with van der Waals surface area (Å²) in [7, 11) is 0. The normalized spacial score (nSPS) is 10.9. The van der Waals surface area contributed by atoms with Crippen molar-refractivity contribution in [1.82, 2.24) is 14.7 Å². The first-order valence-electron chi connectivity index (χ1n) is 8.81. The molecule has 2 aromatic heterocycles. The van der Waals surface area contributed by atoms with Gasteiger partial charge < -0.3 is 14.4 Å². The van der Waals surface area contributed by atoms with E-state index in [1.54, 1.807) is 22.9 Å². The lowest BCUT2D eigenvalue weighted by Gasteiger charge is -2.09. The molecule has 1 N–H and O–H groups in total. The second-order valence-corrected chi connectivity index (χ2v) is 6.89. The number of aromatic nitrogens is 3. The molecule has 4 rings (SSSR count). The highest BCUT2D eigenvalue weighted by atomic mass is 35.5. The number of benzene rings is 2. The molecule has 0 bridgehead atoms. The quantitative estimate of drug-likeness (QED) is 0.505. The third kappa shape index (κ3) is 4.20. The molecule has 0 saturated carbocycles. The minimum absolute atomic E-state index is 0.0303. The monoisotopic (exact) mass is 410 g/mol. The van der Waals surface area contributed by atoms with Gasteiger partial charge in [-0.05, 0) is 37.3 Å². The molecule has 0 aliphatic heterocycles. The number of hydrogen-bond donors (Lipinski definition) is 1. The molecule has 0 unspecified atom stereocenters. The SMILES string of the molecule is Cc1ccc(-c2noc(-c3cccn3CC(=O)Nc3cc(F)ccc3Cl)n2)cc1. The summed E-state index contributed by atoms with van der Waals surface area (Å²) in [6.07, 6.45) is 1.72. The molecule has 146 valence electrons. The molecule has 4 aromatic rings. The summed E-state index contributed by atoms with van der Waals surface area (Å²) in [4.78, 5) is 16.8. The van der Waals surface area contributed by atoms with Gasteiger partial charge in [0.25, 0.3) is 5.89 Å². The lowest BCUT2D eigenvalue weighted by atomic mass is 10.1. The van der Waals surface area contributed by atoms with Gasteiger partial charge in [0.2, 0.25) is 11.7 Å². The first kappa shape index (κ1) is 18.9. The first-order chi connectivity index (χ1) is 14.0. The van der Waals surface area contributed by atoms with Crippen molar-refractivity contribution in [2.24, 2.45) is 0 Å². The van der Waals surface area contributed by atoms with Crippen molar-refractivity contribution >= 4 is 23.2 Å². The molecule has 29 heavy (non-hydrogen) atoms. The predicted molar refractivity (Wildman–Crippen MR) is 108 cm³/mol. The van der Waals surface area contributed by atoms with Crippen molar-refractivity contribution in [3.63, 3.8) is 0 Å². The van der Waals surface area contributed by atoms with E-state index in [4.69, 9.17) is 16.1 Å². The Morgan fingerprint density at radius 3 is 2.79 bits per heavy atom. The highest BCUT2D eigenvalue weighted by molar-refractivity contribution is 6.33. The maximum absolute atomic E-state index is 13.4. The van der Waals surface area contributed by atoms with Crippen LogP contribution in [0.25, 0.3) is 23.0 Å². The summed E-state index contributed by atoms with van der Waals surface area (Å²) in [5, 5.41) is 6.88. The molecule has 0 atom stereocenters. The first-order valence-corrected chi connectivity index (χ1v) is 9.18. The summed E-state index contributed by atoms with van der Waals surface area (Å²) in [6.45, 7) is 1.97. The molecule has 0 fully saturated rings. The Hall–Kier alpha value is -3.45. The molecule has 1 amide bonds. The fourth-order valence-corrected chi connectivity index (χ4v) is 3.00. The van der Waals surface area contributed by atoms with Crippen LogP contribution in [0, 0.1) is 12.7 Å². The van der Waals surface area contributed by atoms with Crippen LogP contribution in [0.5, 0.6) is 0 Å². The lowest BCUT2D eigenvalue weighted by molar-refractivity contribution is -0.116. The zero-order chi connectivity index (χ0) is 20.4. The topological polar surface area (TPSA) is 73.0 Å². The Balaban J connectivity index is 1.52. The Kier molecular flexibility index (Phi) is 5.14. The van der Waals surface area contributed by atoms with E-state index in [9.17, 15) is 9.18 Å². The largest absolute Gasteiger partial charge is 0.334 e. The zero-order valence-electron chi connectivity index (χ0n) is 15.4. The van der Waals surface area contributed by atoms with E-state index in [2.05, 4.69) is 15.5 Å². The number of carbonyl (C=O) groups is 1. The van der Waals surface area contributed by atoms with Gasteiger partial charge in [-0.3, -0.25) is 4.79 Å². The number of halogens is 2. The van der Waals surface area contributed by atoms with E-state index in [1.165, 1.54) is 18.2 Å². The van der Waals surface area contributed by atoms with Gasteiger partial charge in [-0.1, -0.05) is 46.6 Å². The van der Waals surface area contributed by atoms with Crippen LogP contribution in [0.2, 0.25) is 5.02 Å². The molecule has 0 aliphatic carbocycles. The van der Waals surface area contributed by atoms with Crippen molar-refractivity contribution in [3.05, 3.63) is 77.2 Å². The van der Waals surface area contributed by atoms with E-state index in [0.717, 1.165) is 11.1 Å². The third-order valence-corrected chi connectivity index (χ3v) is 4.63. The number of aryl methyl sites for hydroxylation is 1. The number of amides is 1. The van der Waals surface area contributed by atoms with Crippen LogP contribution in [0.15, 0.2) is 65.3 Å². The van der Waals surface area contributed by atoms with Crippen molar-refractivity contribution in [3.8, 4) is 23.0 Å². The van der Waals surface area contributed by atoms with Gasteiger partial charge in [0.05, 0.1) is 10.7 Å². The van der Waals surface area contributed by atoms with Gasteiger partial charge in [-0.15, -0.1) is 0 Å². The number of rotatable bonds is 5. The summed E-state index contributed by atoms with van der Waals surface area (Å²) < 4.78 is 20.4. The highest BCUT2D eigenvalue weighted by Gasteiger charge is 2.16. The van der Waals surface area contributed by atoms with Gasteiger partial charge >= 0.3 is 0 Å². The number of anilines is 1. The maximum atomic E-state index is 13.4. The Bertz CT molecular complexity index is 1170. The summed E-state index contributed by atoms with van der Waals surface area (Å²) in [5.74, 6) is -0.0972. The number of nitrogens with one attached hydrogen (secondary N) is 1. The summed E-state index contributed by atoms with van der Waals surface area (Å²) >= 11 is 6.00.